The van der Waals surface area contributed by atoms with Crippen molar-refractivity contribution >= 4 is 15.9 Å². The highest BCUT2D eigenvalue weighted by molar-refractivity contribution is 9.10. The molecule has 0 aliphatic heterocycles. The van der Waals surface area contributed by atoms with E-state index in [0.29, 0.717) is 0 Å². The fourth-order valence-corrected chi connectivity index (χ4v) is 4.54. The van der Waals surface area contributed by atoms with Crippen LogP contribution >= 0.6 is 15.9 Å². The second kappa shape index (κ2) is 15.6. The Hall–Kier alpha value is -2.26. The topological polar surface area (TPSA) is 18.5 Å². The molecule has 0 N–H and O–H groups in total. The van der Waals surface area contributed by atoms with Gasteiger partial charge in [0.1, 0.15) is 11.5 Å². The van der Waals surface area contributed by atoms with Gasteiger partial charge in [-0.2, -0.15) is 0 Å². The van der Waals surface area contributed by atoms with Gasteiger partial charge in [0.2, 0.25) is 0 Å². The van der Waals surface area contributed by atoms with Crippen molar-refractivity contribution in [3.63, 3.8) is 0 Å². The van der Waals surface area contributed by atoms with Crippen LogP contribution in [0.3, 0.4) is 0 Å². The van der Waals surface area contributed by atoms with E-state index in [4.69, 9.17) is 9.47 Å². The van der Waals surface area contributed by atoms with Crippen molar-refractivity contribution in [3.05, 3.63) is 94.5 Å². The van der Waals surface area contributed by atoms with Crippen LogP contribution in [0, 0.1) is 0 Å². The Morgan fingerprint density at radius 3 is 1.58 bits per heavy atom. The molecule has 176 valence electrons. The molecule has 0 bridgehead atoms. The van der Waals surface area contributed by atoms with Crippen molar-refractivity contribution in [2.75, 3.05) is 13.2 Å². The molecule has 3 aromatic rings. The van der Waals surface area contributed by atoms with Gasteiger partial charge in [0.25, 0.3) is 0 Å². The minimum Gasteiger partial charge on any atom is -0.494 e. The fraction of sp³-hybridized carbons (Fsp3) is 0.400. The Labute approximate surface area is 208 Å². The number of halogens is 1. The summed E-state index contributed by atoms with van der Waals surface area (Å²) >= 11 is 3.80. The highest BCUT2D eigenvalue weighted by Gasteiger charge is 2.03. The maximum Gasteiger partial charge on any atom is 0.119 e. The molecule has 0 saturated heterocycles. The highest BCUT2D eigenvalue weighted by atomic mass is 79.9. The molecule has 0 spiro atoms. The summed E-state index contributed by atoms with van der Waals surface area (Å²) < 4.78 is 12.8. The zero-order valence-electron chi connectivity index (χ0n) is 19.7. The molecule has 0 aliphatic rings. The molecule has 3 heteroatoms. The monoisotopic (exact) mass is 508 g/mol. The van der Waals surface area contributed by atoms with E-state index in [2.05, 4.69) is 34.1 Å². The molecule has 0 aromatic heterocycles. The van der Waals surface area contributed by atoms with E-state index >= 15 is 0 Å². The summed E-state index contributed by atoms with van der Waals surface area (Å²) in [4.78, 5) is 0. The Bertz CT molecular complexity index is 896. The first kappa shape index (κ1) is 25.4. The van der Waals surface area contributed by atoms with E-state index in [1.807, 2.05) is 60.7 Å². The van der Waals surface area contributed by atoms with Crippen molar-refractivity contribution in [2.45, 2.75) is 64.2 Å². The summed E-state index contributed by atoms with van der Waals surface area (Å²) in [5.74, 6) is 1.94. The first-order chi connectivity index (χ1) is 16.3. The van der Waals surface area contributed by atoms with Crippen molar-refractivity contribution < 1.29 is 9.47 Å². The fourth-order valence-electron chi connectivity index (χ4n) is 3.92. The van der Waals surface area contributed by atoms with E-state index in [-0.39, 0.29) is 0 Å². The van der Waals surface area contributed by atoms with Crippen LogP contribution in [0.15, 0.2) is 83.3 Å². The SMILES string of the molecule is Brc1cc(CCCCCCOc2ccccc2)ccc1CCCCCCOc1ccccc1. The van der Waals surface area contributed by atoms with Gasteiger partial charge >= 0.3 is 0 Å². The van der Waals surface area contributed by atoms with Gasteiger partial charge in [-0.15, -0.1) is 0 Å². The number of hydrogen-bond donors (Lipinski definition) is 0. The lowest BCUT2D eigenvalue weighted by molar-refractivity contribution is 0.304. The summed E-state index contributed by atoms with van der Waals surface area (Å²) in [6.07, 6.45) is 12.0. The zero-order chi connectivity index (χ0) is 23.0. The molecule has 0 unspecified atom stereocenters. The van der Waals surface area contributed by atoms with E-state index in [9.17, 15) is 0 Å². The third kappa shape index (κ3) is 10.5. The molecule has 2 nitrogen and oxygen atoms in total. The van der Waals surface area contributed by atoms with Crippen LogP contribution < -0.4 is 9.47 Å². The van der Waals surface area contributed by atoms with Crippen molar-refractivity contribution in [1.82, 2.24) is 0 Å². The zero-order valence-corrected chi connectivity index (χ0v) is 21.3. The van der Waals surface area contributed by atoms with Crippen LogP contribution in [0.25, 0.3) is 0 Å². The molecule has 33 heavy (non-hydrogen) atoms. The lowest BCUT2D eigenvalue weighted by Gasteiger charge is -2.09. The number of aryl methyl sites for hydroxylation is 2. The lowest BCUT2D eigenvalue weighted by Crippen LogP contribution is -1.97. The average molecular weight is 510 g/mol. The molecule has 0 amide bonds. The average Bonchev–Trinajstić information content (AvgIpc) is 2.85. The van der Waals surface area contributed by atoms with Gasteiger partial charge in [0.05, 0.1) is 13.2 Å². The predicted octanol–water partition coefficient (Wildman–Crippen LogP) is 8.81. The van der Waals surface area contributed by atoms with Crippen molar-refractivity contribution in [1.29, 1.82) is 0 Å². The number of ether oxygens (including phenoxy) is 2. The molecular formula is C30H37BrO2. The molecule has 0 heterocycles. The van der Waals surface area contributed by atoms with Crippen LogP contribution in [0.2, 0.25) is 0 Å². The standard InChI is InChI=1S/C30H37BrO2/c31-30-25-26(15-7-1-3-13-23-32-28-17-9-5-10-18-28)21-22-27(30)16-8-2-4-14-24-33-29-19-11-6-12-20-29/h5-6,9-12,17-22,25H,1-4,7-8,13-16,23-24H2. The summed E-state index contributed by atoms with van der Waals surface area (Å²) in [5, 5.41) is 0. The molecule has 0 fully saturated rings. The normalized spacial score (nSPS) is 10.8. The second-order valence-electron chi connectivity index (χ2n) is 8.58. The molecule has 0 aliphatic carbocycles. The van der Waals surface area contributed by atoms with E-state index < -0.39 is 0 Å². The van der Waals surface area contributed by atoms with E-state index in [0.717, 1.165) is 50.4 Å². The minimum absolute atomic E-state index is 0.808. The van der Waals surface area contributed by atoms with Crippen LogP contribution in [0.4, 0.5) is 0 Å². The van der Waals surface area contributed by atoms with Crippen LogP contribution in [0.1, 0.15) is 62.5 Å². The second-order valence-corrected chi connectivity index (χ2v) is 9.43. The highest BCUT2D eigenvalue weighted by Crippen LogP contribution is 2.22. The smallest absolute Gasteiger partial charge is 0.119 e. The number of unbranched alkanes of at least 4 members (excludes halogenated alkanes) is 6. The molecular weight excluding hydrogens is 472 g/mol. The Morgan fingerprint density at radius 1 is 0.515 bits per heavy atom. The van der Waals surface area contributed by atoms with Gasteiger partial charge in [-0.05, 0) is 80.0 Å². The molecule has 3 aromatic carbocycles. The number of benzene rings is 3. The lowest BCUT2D eigenvalue weighted by atomic mass is 10.0. The summed E-state index contributed by atoms with van der Waals surface area (Å²) in [6.45, 7) is 1.62. The molecule has 0 saturated carbocycles. The van der Waals surface area contributed by atoms with Crippen molar-refractivity contribution in [2.24, 2.45) is 0 Å². The van der Waals surface area contributed by atoms with E-state index in [1.54, 1.807) is 0 Å². The van der Waals surface area contributed by atoms with Gasteiger partial charge < -0.3 is 9.47 Å². The van der Waals surface area contributed by atoms with Crippen LogP contribution in [-0.4, -0.2) is 13.2 Å². The van der Waals surface area contributed by atoms with Crippen molar-refractivity contribution in [3.8, 4) is 11.5 Å². The Kier molecular flexibility index (Phi) is 12.0. The number of hydrogen-bond acceptors (Lipinski definition) is 2. The molecule has 0 atom stereocenters. The predicted molar refractivity (Wildman–Crippen MR) is 142 cm³/mol. The van der Waals surface area contributed by atoms with Gasteiger partial charge in [0, 0.05) is 4.47 Å². The van der Waals surface area contributed by atoms with E-state index in [1.165, 1.54) is 54.1 Å². The largest absolute Gasteiger partial charge is 0.494 e. The third-order valence-electron chi connectivity index (χ3n) is 5.84. The van der Waals surface area contributed by atoms with Gasteiger partial charge in [-0.1, -0.05) is 90.1 Å². The molecule has 3 rings (SSSR count). The van der Waals surface area contributed by atoms with Crippen LogP contribution in [-0.2, 0) is 12.8 Å². The molecule has 0 radical (unpaired) electrons. The Morgan fingerprint density at radius 2 is 1.03 bits per heavy atom. The number of rotatable bonds is 16. The maximum absolute atomic E-state index is 5.77. The Balaban J connectivity index is 1.20. The van der Waals surface area contributed by atoms with Gasteiger partial charge in [0.15, 0.2) is 0 Å². The van der Waals surface area contributed by atoms with Gasteiger partial charge in [-0.3, -0.25) is 0 Å². The summed E-state index contributed by atoms with van der Waals surface area (Å²) in [6, 6.07) is 27.1. The first-order valence-corrected chi connectivity index (χ1v) is 13.2. The minimum atomic E-state index is 0.808. The summed E-state index contributed by atoms with van der Waals surface area (Å²) in [5.41, 5.74) is 2.86. The van der Waals surface area contributed by atoms with Crippen LogP contribution in [0.5, 0.6) is 11.5 Å². The maximum atomic E-state index is 5.77. The first-order valence-electron chi connectivity index (χ1n) is 12.4. The quantitative estimate of drug-likeness (QED) is 0.180. The number of para-hydroxylation sites is 2. The van der Waals surface area contributed by atoms with Gasteiger partial charge in [-0.25, -0.2) is 0 Å². The third-order valence-corrected chi connectivity index (χ3v) is 6.58. The summed E-state index contributed by atoms with van der Waals surface area (Å²) in [7, 11) is 0.